The zero-order valence-electron chi connectivity index (χ0n) is 11.8. The molecule has 94 valence electrons. The molecule has 0 radical (unpaired) electrons. The smallest absolute Gasteiger partial charge is 0.0165 e. The second kappa shape index (κ2) is 6.61. The largest absolute Gasteiger partial charge is 0.313 e. The molecule has 0 aliphatic heterocycles. The summed E-state index contributed by atoms with van der Waals surface area (Å²) >= 11 is 0. The van der Waals surface area contributed by atoms with Gasteiger partial charge in [0.15, 0.2) is 0 Å². The molecule has 0 saturated heterocycles. The van der Waals surface area contributed by atoms with Crippen LogP contribution in [0.5, 0.6) is 0 Å². The van der Waals surface area contributed by atoms with E-state index in [1.54, 1.807) is 0 Å². The summed E-state index contributed by atoms with van der Waals surface area (Å²) in [5, 5.41) is 3.47. The van der Waals surface area contributed by atoms with Crippen LogP contribution < -0.4 is 5.32 Å². The van der Waals surface area contributed by atoms with Crippen LogP contribution >= 0.6 is 0 Å². The SMILES string of the molecule is CC(=Cc1cccc(C)c1C)CNCC(C)C. The second-order valence-electron chi connectivity index (χ2n) is 5.30. The number of aryl methyl sites for hydroxylation is 1. The summed E-state index contributed by atoms with van der Waals surface area (Å²) in [4.78, 5) is 0. The number of hydrogen-bond acceptors (Lipinski definition) is 1. The van der Waals surface area contributed by atoms with Crippen LogP contribution in [0.2, 0.25) is 0 Å². The maximum Gasteiger partial charge on any atom is 0.0165 e. The Bertz CT molecular complexity index is 389. The molecule has 1 aromatic carbocycles. The fraction of sp³-hybridized carbons (Fsp3) is 0.500. The molecule has 0 atom stereocenters. The zero-order chi connectivity index (χ0) is 12.8. The lowest BCUT2D eigenvalue weighted by Gasteiger charge is -2.09. The van der Waals surface area contributed by atoms with Crippen molar-refractivity contribution < 1.29 is 0 Å². The molecule has 0 saturated carbocycles. The van der Waals surface area contributed by atoms with Crippen molar-refractivity contribution in [1.82, 2.24) is 5.32 Å². The quantitative estimate of drug-likeness (QED) is 0.809. The predicted octanol–water partition coefficient (Wildman–Crippen LogP) is 3.95. The molecule has 1 nitrogen and oxygen atoms in total. The standard InChI is InChI=1S/C16H25N/c1-12(2)10-17-11-13(3)9-16-8-6-7-14(4)15(16)5/h6-9,12,17H,10-11H2,1-5H3. The minimum Gasteiger partial charge on any atom is -0.313 e. The van der Waals surface area contributed by atoms with Gasteiger partial charge in [-0.3, -0.25) is 0 Å². The first-order chi connectivity index (χ1) is 8.00. The van der Waals surface area contributed by atoms with Gasteiger partial charge in [-0.1, -0.05) is 43.7 Å². The molecule has 0 aromatic heterocycles. The summed E-state index contributed by atoms with van der Waals surface area (Å²) in [7, 11) is 0. The van der Waals surface area contributed by atoms with Crippen LogP contribution in [0.1, 0.15) is 37.5 Å². The highest BCUT2D eigenvalue weighted by Gasteiger charge is 1.99. The van der Waals surface area contributed by atoms with Gasteiger partial charge in [0.2, 0.25) is 0 Å². The Morgan fingerprint density at radius 2 is 2.00 bits per heavy atom. The van der Waals surface area contributed by atoms with Gasteiger partial charge < -0.3 is 5.32 Å². The average molecular weight is 231 g/mol. The van der Waals surface area contributed by atoms with Crippen LogP contribution in [0.15, 0.2) is 23.8 Å². The normalized spacial score (nSPS) is 12.2. The number of benzene rings is 1. The fourth-order valence-electron chi connectivity index (χ4n) is 1.80. The van der Waals surface area contributed by atoms with E-state index in [0.29, 0.717) is 5.92 Å². The van der Waals surface area contributed by atoms with Crippen LogP contribution in [0.4, 0.5) is 0 Å². The Hall–Kier alpha value is -1.08. The summed E-state index contributed by atoms with van der Waals surface area (Å²) in [6.45, 7) is 13.1. The van der Waals surface area contributed by atoms with Crippen LogP contribution in [-0.4, -0.2) is 13.1 Å². The van der Waals surface area contributed by atoms with Crippen molar-refractivity contribution in [2.45, 2.75) is 34.6 Å². The molecule has 0 aliphatic rings. The topological polar surface area (TPSA) is 12.0 Å². The Labute approximate surface area is 106 Å². The zero-order valence-corrected chi connectivity index (χ0v) is 11.8. The van der Waals surface area contributed by atoms with Crippen molar-refractivity contribution in [2.24, 2.45) is 5.92 Å². The Kier molecular flexibility index (Phi) is 5.43. The maximum atomic E-state index is 3.47. The highest BCUT2D eigenvalue weighted by Crippen LogP contribution is 2.15. The van der Waals surface area contributed by atoms with Crippen molar-refractivity contribution in [3.05, 3.63) is 40.5 Å². The lowest BCUT2D eigenvalue weighted by Crippen LogP contribution is -2.21. The summed E-state index contributed by atoms with van der Waals surface area (Å²) in [5.41, 5.74) is 5.48. The van der Waals surface area contributed by atoms with Crippen LogP contribution in [0.25, 0.3) is 6.08 Å². The molecule has 0 heterocycles. The van der Waals surface area contributed by atoms with Crippen LogP contribution in [0, 0.1) is 19.8 Å². The Morgan fingerprint density at radius 3 is 2.65 bits per heavy atom. The molecule has 0 unspecified atom stereocenters. The summed E-state index contributed by atoms with van der Waals surface area (Å²) in [5.74, 6) is 0.712. The van der Waals surface area contributed by atoms with Gasteiger partial charge in [0.25, 0.3) is 0 Å². The first-order valence-corrected chi connectivity index (χ1v) is 6.44. The molecule has 0 aliphatic carbocycles. The molecule has 1 heteroatoms. The highest BCUT2D eigenvalue weighted by atomic mass is 14.8. The molecule has 0 spiro atoms. The molecular formula is C16H25N. The van der Waals surface area contributed by atoms with E-state index < -0.39 is 0 Å². The van der Waals surface area contributed by atoms with Gasteiger partial charge >= 0.3 is 0 Å². The van der Waals surface area contributed by atoms with Crippen molar-refractivity contribution in [2.75, 3.05) is 13.1 Å². The molecule has 1 aromatic rings. The third-order valence-corrected chi connectivity index (χ3v) is 3.00. The van der Waals surface area contributed by atoms with E-state index in [4.69, 9.17) is 0 Å². The highest BCUT2D eigenvalue weighted by molar-refractivity contribution is 5.57. The fourth-order valence-corrected chi connectivity index (χ4v) is 1.80. The van der Waals surface area contributed by atoms with E-state index >= 15 is 0 Å². The molecule has 17 heavy (non-hydrogen) atoms. The van der Waals surface area contributed by atoms with Crippen molar-refractivity contribution in [3.8, 4) is 0 Å². The molecular weight excluding hydrogens is 206 g/mol. The maximum absolute atomic E-state index is 3.47. The van der Waals surface area contributed by atoms with E-state index in [2.05, 4.69) is 64.2 Å². The van der Waals surface area contributed by atoms with Crippen molar-refractivity contribution in [1.29, 1.82) is 0 Å². The van der Waals surface area contributed by atoms with Gasteiger partial charge in [0, 0.05) is 6.54 Å². The molecule has 0 amide bonds. The van der Waals surface area contributed by atoms with Gasteiger partial charge in [0.1, 0.15) is 0 Å². The summed E-state index contributed by atoms with van der Waals surface area (Å²) < 4.78 is 0. The molecule has 0 fully saturated rings. The van der Waals surface area contributed by atoms with Crippen LogP contribution in [0.3, 0.4) is 0 Å². The third kappa shape index (κ3) is 4.74. The average Bonchev–Trinajstić information content (AvgIpc) is 2.24. The number of hydrogen-bond donors (Lipinski definition) is 1. The number of rotatable bonds is 5. The van der Waals surface area contributed by atoms with E-state index in [-0.39, 0.29) is 0 Å². The van der Waals surface area contributed by atoms with Gasteiger partial charge in [-0.05, 0) is 49.9 Å². The Morgan fingerprint density at radius 1 is 1.29 bits per heavy atom. The van der Waals surface area contributed by atoms with Crippen LogP contribution in [-0.2, 0) is 0 Å². The van der Waals surface area contributed by atoms with Gasteiger partial charge in [-0.2, -0.15) is 0 Å². The van der Waals surface area contributed by atoms with E-state index in [1.165, 1.54) is 22.3 Å². The predicted molar refractivity (Wildman–Crippen MR) is 77.3 cm³/mol. The lowest BCUT2D eigenvalue weighted by atomic mass is 10.0. The number of nitrogens with one attached hydrogen (secondary N) is 1. The molecule has 0 bridgehead atoms. The first-order valence-electron chi connectivity index (χ1n) is 6.44. The Balaban J connectivity index is 2.64. The monoisotopic (exact) mass is 231 g/mol. The summed E-state index contributed by atoms with van der Waals surface area (Å²) in [6, 6.07) is 6.48. The van der Waals surface area contributed by atoms with Gasteiger partial charge in [0.05, 0.1) is 0 Å². The van der Waals surface area contributed by atoms with E-state index in [1.807, 2.05) is 0 Å². The lowest BCUT2D eigenvalue weighted by molar-refractivity contribution is 0.572. The molecule has 1 N–H and O–H groups in total. The van der Waals surface area contributed by atoms with Crippen molar-refractivity contribution in [3.63, 3.8) is 0 Å². The van der Waals surface area contributed by atoms with Gasteiger partial charge in [-0.25, -0.2) is 0 Å². The van der Waals surface area contributed by atoms with Gasteiger partial charge in [-0.15, -0.1) is 0 Å². The minimum absolute atomic E-state index is 0.712. The third-order valence-electron chi connectivity index (χ3n) is 3.00. The second-order valence-corrected chi connectivity index (χ2v) is 5.30. The first kappa shape index (κ1) is 14.0. The van der Waals surface area contributed by atoms with E-state index in [0.717, 1.165) is 13.1 Å². The molecule has 1 rings (SSSR count). The van der Waals surface area contributed by atoms with E-state index in [9.17, 15) is 0 Å². The van der Waals surface area contributed by atoms with Crippen molar-refractivity contribution >= 4 is 6.08 Å². The summed E-state index contributed by atoms with van der Waals surface area (Å²) in [6.07, 6.45) is 2.29. The minimum atomic E-state index is 0.712.